The van der Waals surface area contributed by atoms with Crippen LogP contribution in [-0.4, -0.2) is 46.0 Å². The summed E-state index contributed by atoms with van der Waals surface area (Å²) in [6.45, 7) is 4.85. The Kier molecular flexibility index (Phi) is 5.20. The number of rotatable bonds is 6. The molecule has 0 saturated heterocycles. The molecule has 0 aliphatic carbocycles. The van der Waals surface area contributed by atoms with Crippen LogP contribution in [0.5, 0.6) is 0 Å². The van der Waals surface area contributed by atoms with Gasteiger partial charge in [-0.15, -0.1) is 5.10 Å². The maximum atomic E-state index is 13.3. The molecule has 0 aliphatic heterocycles. The van der Waals surface area contributed by atoms with Crippen molar-refractivity contribution in [3.05, 3.63) is 42.0 Å². The van der Waals surface area contributed by atoms with Crippen LogP contribution in [0.3, 0.4) is 0 Å². The number of oxazole rings is 1. The number of fused-ring (bicyclic) bond motifs is 3. The lowest BCUT2D eigenvalue weighted by molar-refractivity contribution is -0.136. The van der Waals surface area contributed by atoms with Gasteiger partial charge in [0.15, 0.2) is 6.39 Å². The first-order valence-corrected chi connectivity index (χ1v) is 10.8. The van der Waals surface area contributed by atoms with E-state index >= 15 is 0 Å². The molecule has 1 N–H and O–H groups in total. The van der Waals surface area contributed by atoms with E-state index in [0.717, 1.165) is 6.39 Å². The van der Waals surface area contributed by atoms with Crippen LogP contribution in [0.15, 0.2) is 33.9 Å². The van der Waals surface area contributed by atoms with E-state index in [1.54, 1.807) is 35.5 Å². The highest BCUT2D eigenvalue weighted by atomic mass is 19.4. The van der Waals surface area contributed by atoms with E-state index in [-0.39, 0.29) is 17.7 Å². The Hall–Kier alpha value is -3.74. The number of hydrogen-bond acceptors (Lipinski definition) is 8. The molecule has 1 atom stereocenters. The van der Waals surface area contributed by atoms with Crippen molar-refractivity contribution < 1.29 is 27.2 Å². The number of hydrogen-bond donors (Lipinski definition) is 1. The van der Waals surface area contributed by atoms with E-state index in [9.17, 15) is 18.3 Å². The SMILES string of the molecule is Cc1nnn(C)c1-c1cnc2c3onc(C(C)(C)O)c3n(C(CCC(F)(F)F)c3cocn3)c2c1. The summed E-state index contributed by atoms with van der Waals surface area (Å²) in [6.07, 6.45) is -1.70. The summed E-state index contributed by atoms with van der Waals surface area (Å²) in [4.78, 5) is 8.72. The molecule has 0 aliphatic rings. The Bertz CT molecular complexity index is 1490. The fraction of sp³-hybridized carbons (Fsp3) is 0.409. The van der Waals surface area contributed by atoms with Crippen molar-refractivity contribution in [1.29, 1.82) is 0 Å². The fourth-order valence-electron chi connectivity index (χ4n) is 4.40. The van der Waals surface area contributed by atoms with Crippen LogP contribution in [-0.2, 0) is 12.6 Å². The van der Waals surface area contributed by atoms with Crippen molar-refractivity contribution >= 4 is 22.1 Å². The minimum absolute atomic E-state index is 0.172. The van der Waals surface area contributed by atoms with E-state index in [2.05, 4.69) is 25.4 Å². The molecule has 0 spiro atoms. The van der Waals surface area contributed by atoms with Crippen LogP contribution in [0.25, 0.3) is 33.4 Å². The molecule has 10 nitrogen and oxygen atoms in total. The highest BCUT2D eigenvalue weighted by Crippen LogP contribution is 2.41. The number of alkyl halides is 3. The van der Waals surface area contributed by atoms with E-state index in [0.29, 0.717) is 39.2 Å². The van der Waals surface area contributed by atoms with Gasteiger partial charge >= 0.3 is 6.18 Å². The summed E-state index contributed by atoms with van der Waals surface area (Å²) >= 11 is 0. The Labute approximate surface area is 196 Å². The minimum Gasteiger partial charge on any atom is -0.451 e. The van der Waals surface area contributed by atoms with Crippen molar-refractivity contribution in [3.8, 4) is 11.3 Å². The van der Waals surface area contributed by atoms with Gasteiger partial charge in [0.05, 0.1) is 22.9 Å². The molecule has 5 heterocycles. The number of pyridine rings is 1. The standard InChI is InChI=1S/C22H22F3N7O3/c1-11-17(31(4)30-28-11)12-7-15-16(26-8-12)19-18(20(29-35-19)21(2,3)33)32(15)14(5-6-22(23,24)25)13-9-34-10-27-13/h7-10,14,33H,5-6H2,1-4H3. The molecule has 5 aromatic heterocycles. The third-order valence-corrected chi connectivity index (χ3v) is 5.90. The Morgan fingerprint density at radius 3 is 2.57 bits per heavy atom. The zero-order valence-corrected chi connectivity index (χ0v) is 19.3. The molecular weight excluding hydrogens is 467 g/mol. The van der Waals surface area contributed by atoms with Crippen LogP contribution in [0.2, 0.25) is 0 Å². The average Bonchev–Trinajstić information content (AvgIpc) is 3.53. The maximum absolute atomic E-state index is 13.3. The van der Waals surface area contributed by atoms with Crippen molar-refractivity contribution in [1.82, 2.24) is 34.7 Å². The lowest BCUT2D eigenvalue weighted by Crippen LogP contribution is -2.20. The molecular formula is C22H22F3N7O3. The van der Waals surface area contributed by atoms with Crippen LogP contribution in [0.4, 0.5) is 13.2 Å². The molecule has 184 valence electrons. The summed E-state index contributed by atoms with van der Waals surface area (Å²) in [5, 5.41) is 22.9. The molecule has 5 rings (SSSR count). The molecule has 0 amide bonds. The zero-order valence-electron chi connectivity index (χ0n) is 19.3. The number of aryl methyl sites for hydroxylation is 2. The minimum atomic E-state index is -4.39. The number of aromatic nitrogens is 7. The molecule has 0 bridgehead atoms. The molecule has 0 radical (unpaired) electrons. The summed E-state index contributed by atoms with van der Waals surface area (Å²) in [5.41, 5.74) is 2.52. The quantitative estimate of drug-likeness (QED) is 0.372. The van der Waals surface area contributed by atoms with Gasteiger partial charge in [0, 0.05) is 25.2 Å². The average molecular weight is 489 g/mol. The van der Waals surface area contributed by atoms with Crippen LogP contribution in [0.1, 0.15) is 49.8 Å². The maximum Gasteiger partial charge on any atom is 0.389 e. The van der Waals surface area contributed by atoms with E-state index in [1.165, 1.54) is 20.1 Å². The summed E-state index contributed by atoms with van der Waals surface area (Å²) in [6, 6.07) is 0.886. The summed E-state index contributed by atoms with van der Waals surface area (Å²) < 4.78 is 53.9. The molecule has 5 aromatic rings. The molecule has 1 unspecified atom stereocenters. The third-order valence-electron chi connectivity index (χ3n) is 5.90. The predicted molar refractivity (Wildman–Crippen MR) is 117 cm³/mol. The summed E-state index contributed by atoms with van der Waals surface area (Å²) in [5.74, 6) is 0. The second-order valence-electron chi connectivity index (χ2n) is 8.96. The topological polar surface area (TPSA) is 121 Å². The monoisotopic (exact) mass is 489 g/mol. The smallest absolute Gasteiger partial charge is 0.389 e. The van der Waals surface area contributed by atoms with Gasteiger partial charge < -0.3 is 18.6 Å². The normalized spacial score (nSPS) is 13.8. The van der Waals surface area contributed by atoms with Gasteiger partial charge in [0.2, 0.25) is 5.58 Å². The lowest BCUT2D eigenvalue weighted by atomic mass is 10.0. The van der Waals surface area contributed by atoms with Gasteiger partial charge in [-0.3, -0.25) is 0 Å². The molecule has 0 aromatic carbocycles. The first-order chi connectivity index (χ1) is 16.5. The van der Waals surface area contributed by atoms with Gasteiger partial charge in [-0.2, -0.15) is 13.2 Å². The lowest BCUT2D eigenvalue weighted by Gasteiger charge is -2.22. The predicted octanol–water partition coefficient (Wildman–Crippen LogP) is 4.43. The zero-order chi connectivity index (χ0) is 25.1. The number of halogens is 3. The summed E-state index contributed by atoms with van der Waals surface area (Å²) in [7, 11) is 1.74. The van der Waals surface area contributed by atoms with Crippen molar-refractivity contribution in [2.45, 2.75) is 51.4 Å². The second-order valence-corrected chi connectivity index (χ2v) is 8.96. The van der Waals surface area contributed by atoms with Gasteiger partial charge in [0.1, 0.15) is 34.3 Å². The van der Waals surface area contributed by atoms with Gasteiger partial charge in [-0.05, 0) is 33.3 Å². The Morgan fingerprint density at radius 2 is 1.97 bits per heavy atom. The number of aliphatic hydroxyl groups is 1. The van der Waals surface area contributed by atoms with Crippen molar-refractivity contribution in [2.75, 3.05) is 0 Å². The Balaban J connectivity index is 1.84. The van der Waals surface area contributed by atoms with E-state index in [4.69, 9.17) is 8.94 Å². The Morgan fingerprint density at radius 1 is 1.20 bits per heavy atom. The third kappa shape index (κ3) is 3.95. The van der Waals surface area contributed by atoms with E-state index < -0.39 is 24.2 Å². The second kappa shape index (κ2) is 7.90. The largest absolute Gasteiger partial charge is 0.451 e. The highest BCUT2D eigenvalue weighted by Gasteiger charge is 2.35. The van der Waals surface area contributed by atoms with Crippen molar-refractivity contribution in [2.24, 2.45) is 7.05 Å². The van der Waals surface area contributed by atoms with Crippen LogP contribution >= 0.6 is 0 Å². The van der Waals surface area contributed by atoms with Crippen molar-refractivity contribution in [3.63, 3.8) is 0 Å². The highest BCUT2D eigenvalue weighted by molar-refractivity contribution is 6.04. The first-order valence-electron chi connectivity index (χ1n) is 10.8. The fourth-order valence-corrected chi connectivity index (χ4v) is 4.40. The van der Waals surface area contributed by atoms with Gasteiger partial charge in [-0.25, -0.2) is 14.6 Å². The number of nitrogens with zero attached hydrogens (tertiary/aromatic N) is 7. The van der Waals surface area contributed by atoms with Gasteiger partial charge in [0.25, 0.3) is 0 Å². The molecule has 13 heteroatoms. The molecule has 0 saturated carbocycles. The van der Waals surface area contributed by atoms with Crippen LogP contribution < -0.4 is 0 Å². The van der Waals surface area contributed by atoms with Gasteiger partial charge in [-0.1, -0.05) is 10.4 Å². The molecule has 35 heavy (non-hydrogen) atoms. The van der Waals surface area contributed by atoms with E-state index in [1.807, 2.05) is 0 Å². The first kappa shape index (κ1) is 23.0. The molecule has 0 fully saturated rings. The van der Waals surface area contributed by atoms with Crippen LogP contribution in [0, 0.1) is 6.92 Å².